The highest BCUT2D eigenvalue weighted by Crippen LogP contribution is 2.34. The largest absolute Gasteiger partial charge is 0.493 e. The van der Waals surface area contributed by atoms with Gasteiger partial charge in [0.05, 0.1) is 29.8 Å². The van der Waals surface area contributed by atoms with Gasteiger partial charge in [-0.25, -0.2) is 4.98 Å². The van der Waals surface area contributed by atoms with E-state index in [9.17, 15) is 4.79 Å². The Morgan fingerprint density at radius 2 is 2.04 bits per heavy atom. The summed E-state index contributed by atoms with van der Waals surface area (Å²) in [5.74, 6) is 0.851. The number of thiazole rings is 1. The molecule has 2 heterocycles. The van der Waals surface area contributed by atoms with Gasteiger partial charge in [0, 0.05) is 26.9 Å². The van der Waals surface area contributed by atoms with Crippen LogP contribution in [0, 0.1) is 13.8 Å². The summed E-state index contributed by atoms with van der Waals surface area (Å²) in [7, 11) is 0. The van der Waals surface area contributed by atoms with E-state index in [4.69, 9.17) is 4.74 Å². The summed E-state index contributed by atoms with van der Waals surface area (Å²) < 4.78 is 6.70. The van der Waals surface area contributed by atoms with Crippen molar-refractivity contribution >= 4 is 33.2 Å². The van der Waals surface area contributed by atoms with Crippen LogP contribution in [0.15, 0.2) is 46.9 Å². The fourth-order valence-electron chi connectivity index (χ4n) is 3.43. The second-order valence-electron chi connectivity index (χ2n) is 6.99. The zero-order chi connectivity index (χ0) is 19.7. The molecule has 144 valence electrons. The van der Waals surface area contributed by atoms with Gasteiger partial charge in [-0.15, -0.1) is 11.3 Å². The number of carbonyl (C=O) groups excluding carboxylic acids is 1. The van der Waals surface area contributed by atoms with E-state index in [0.717, 1.165) is 43.3 Å². The first kappa shape index (κ1) is 19.2. The van der Waals surface area contributed by atoms with E-state index in [0.29, 0.717) is 13.0 Å². The minimum atomic E-state index is -0.0365. The Morgan fingerprint density at radius 1 is 1.25 bits per heavy atom. The molecule has 0 spiro atoms. The van der Waals surface area contributed by atoms with Crippen molar-refractivity contribution < 1.29 is 9.53 Å². The van der Waals surface area contributed by atoms with E-state index in [2.05, 4.69) is 57.4 Å². The number of ether oxygens (including phenoxy) is 1. The van der Waals surface area contributed by atoms with Gasteiger partial charge in [-0.3, -0.25) is 4.79 Å². The second kappa shape index (κ2) is 8.05. The van der Waals surface area contributed by atoms with Crippen LogP contribution in [0.3, 0.4) is 0 Å². The predicted molar refractivity (Wildman–Crippen MR) is 116 cm³/mol. The molecule has 0 radical (unpaired) electrons. The highest BCUT2D eigenvalue weighted by atomic mass is 79.9. The number of amides is 1. The molecule has 2 aromatic carbocycles. The fourth-order valence-corrected chi connectivity index (χ4v) is 4.77. The van der Waals surface area contributed by atoms with Gasteiger partial charge in [0.25, 0.3) is 0 Å². The number of benzene rings is 2. The Bertz CT molecular complexity index is 1010. The van der Waals surface area contributed by atoms with Crippen molar-refractivity contribution in [3.8, 4) is 17.0 Å². The molecule has 0 fully saturated rings. The zero-order valence-electron chi connectivity index (χ0n) is 15.8. The summed E-state index contributed by atoms with van der Waals surface area (Å²) >= 11 is 5.09. The lowest BCUT2D eigenvalue weighted by atomic mass is 10.0. The molecule has 3 aromatic rings. The normalized spacial score (nSPS) is 15.6. The summed E-state index contributed by atoms with van der Waals surface area (Å²) in [5, 5.41) is 4.16. The third-order valence-corrected chi connectivity index (χ3v) is 6.26. The number of fused-ring (bicyclic) bond motifs is 1. The SMILES string of the molecule is Cc1ccc(-c2nc(C)sc2CC(=O)NC2CCOc3ccc(Br)cc32)cc1. The Hall–Kier alpha value is -2.18. The number of aromatic nitrogens is 1. The third-order valence-electron chi connectivity index (χ3n) is 4.80. The van der Waals surface area contributed by atoms with E-state index < -0.39 is 0 Å². The lowest BCUT2D eigenvalue weighted by Gasteiger charge is -2.27. The molecule has 0 aliphatic carbocycles. The van der Waals surface area contributed by atoms with Crippen molar-refractivity contribution in [2.75, 3.05) is 6.61 Å². The highest BCUT2D eigenvalue weighted by molar-refractivity contribution is 9.10. The molecule has 1 atom stereocenters. The second-order valence-corrected chi connectivity index (χ2v) is 9.19. The summed E-state index contributed by atoms with van der Waals surface area (Å²) in [6, 6.07) is 14.2. The van der Waals surface area contributed by atoms with E-state index in [-0.39, 0.29) is 11.9 Å². The van der Waals surface area contributed by atoms with E-state index in [1.165, 1.54) is 5.56 Å². The molecule has 1 N–H and O–H groups in total. The van der Waals surface area contributed by atoms with E-state index >= 15 is 0 Å². The number of nitrogens with zero attached hydrogens (tertiary/aromatic N) is 1. The van der Waals surface area contributed by atoms with Crippen LogP contribution in [-0.4, -0.2) is 17.5 Å². The molecule has 0 saturated carbocycles. The van der Waals surface area contributed by atoms with Crippen LogP contribution in [0.2, 0.25) is 0 Å². The quantitative estimate of drug-likeness (QED) is 0.573. The van der Waals surface area contributed by atoms with Crippen LogP contribution in [0.5, 0.6) is 5.75 Å². The van der Waals surface area contributed by atoms with Gasteiger partial charge in [0.1, 0.15) is 5.75 Å². The Balaban J connectivity index is 1.53. The number of carbonyl (C=O) groups is 1. The van der Waals surface area contributed by atoms with Crippen molar-refractivity contribution in [1.82, 2.24) is 10.3 Å². The van der Waals surface area contributed by atoms with Crippen molar-refractivity contribution in [1.29, 1.82) is 0 Å². The summed E-state index contributed by atoms with van der Waals surface area (Å²) in [6.45, 7) is 4.65. The van der Waals surface area contributed by atoms with Crippen LogP contribution in [0.25, 0.3) is 11.3 Å². The first-order valence-electron chi connectivity index (χ1n) is 9.24. The smallest absolute Gasteiger partial charge is 0.225 e. The number of nitrogens with one attached hydrogen (secondary N) is 1. The monoisotopic (exact) mass is 456 g/mol. The van der Waals surface area contributed by atoms with Gasteiger partial charge in [0.2, 0.25) is 5.91 Å². The molecule has 1 aliphatic heterocycles. The molecule has 4 nitrogen and oxygen atoms in total. The van der Waals surface area contributed by atoms with Crippen LogP contribution in [-0.2, 0) is 11.2 Å². The topological polar surface area (TPSA) is 51.2 Å². The third kappa shape index (κ3) is 4.13. The molecule has 1 aliphatic rings. The number of aryl methyl sites for hydroxylation is 2. The maximum absolute atomic E-state index is 12.8. The van der Waals surface area contributed by atoms with Crippen LogP contribution >= 0.6 is 27.3 Å². The lowest BCUT2D eigenvalue weighted by molar-refractivity contribution is -0.121. The lowest BCUT2D eigenvalue weighted by Crippen LogP contribution is -2.33. The minimum absolute atomic E-state index is 0.00911. The maximum atomic E-state index is 12.8. The molecular weight excluding hydrogens is 436 g/mol. The number of rotatable bonds is 4. The molecule has 1 amide bonds. The first-order chi connectivity index (χ1) is 13.5. The van der Waals surface area contributed by atoms with E-state index in [1.807, 2.05) is 25.1 Å². The molecule has 28 heavy (non-hydrogen) atoms. The molecule has 1 unspecified atom stereocenters. The van der Waals surface area contributed by atoms with Gasteiger partial charge in [0.15, 0.2) is 0 Å². The van der Waals surface area contributed by atoms with Gasteiger partial charge in [-0.1, -0.05) is 45.8 Å². The number of hydrogen-bond donors (Lipinski definition) is 1. The van der Waals surface area contributed by atoms with Gasteiger partial charge >= 0.3 is 0 Å². The van der Waals surface area contributed by atoms with Crippen LogP contribution < -0.4 is 10.1 Å². The summed E-state index contributed by atoms with van der Waals surface area (Å²) in [4.78, 5) is 18.5. The van der Waals surface area contributed by atoms with Crippen LogP contribution in [0.1, 0.15) is 33.5 Å². The van der Waals surface area contributed by atoms with Gasteiger partial charge in [-0.2, -0.15) is 0 Å². The zero-order valence-corrected chi connectivity index (χ0v) is 18.2. The molecule has 0 saturated heterocycles. The molecule has 4 rings (SSSR count). The van der Waals surface area contributed by atoms with Crippen molar-refractivity contribution in [2.45, 2.75) is 32.7 Å². The van der Waals surface area contributed by atoms with Gasteiger partial charge < -0.3 is 10.1 Å². The Kier molecular flexibility index (Phi) is 5.51. The van der Waals surface area contributed by atoms with Crippen molar-refractivity contribution in [2.24, 2.45) is 0 Å². The molecular formula is C22H21BrN2O2S. The fraction of sp³-hybridized carbons (Fsp3) is 0.273. The average molecular weight is 457 g/mol. The molecule has 0 bridgehead atoms. The number of halogens is 1. The summed E-state index contributed by atoms with van der Waals surface area (Å²) in [5.41, 5.74) is 4.19. The standard InChI is InChI=1S/C22H21BrN2O2S/c1-13-3-5-15(6-4-13)22-20(28-14(2)24-22)12-21(26)25-18-9-10-27-19-8-7-16(23)11-17(18)19/h3-8,11,18H,9-10,12H2,1-2H3,(H,25,26). The van der Waals surface area contributed by atoms with Gasteiger partial charge in [-0.05, 0) is 32.0 Å². The van der Waals surface area contributed by atoms with Crippen molar-refractivity contribution in [3.05, 3.63) is 67.9 Å². The predicted octanol–water partition coefficient (Wildman–Crippen LogP) is 5.37. The Morgan fingerprint density at radius 3 is 2.82 bits per heavy atom. The van der Waals surface area contributed by atoms with Crippen molar-refractivity contribution in [3.63, 3.8) is 0 Å². The molecule has 6 heteroatoms. The average Bonchev–Trinajstić information content (AvgIpc) is 3.03. The van der Waals surface area contributed by atoms with Crippen LogP contribution in [0.4, 0.5) is 0 Å². The maximum Gasteiger partial charge on any atom is 0.225 e. The first-order valence-corrected chi connectivity index (χ1v) is 10.9. The minimum Gasteiger partial charge on any atom is -0.493 e. The van der Waals surface area contributed by atoms with E-state index in [1.54, 1.807) is 11.3 Å². The number of hydrogen-bond acceptors (Lipinski definition) is 4. The molecule has 1 aromatic heterocycles. The Labute approximate surface area is 177 Å². The highest BCUT2D eigenvalue weighted by Gasteiger charge is 2.24. The summed E-state index contributed by atoms with van der Waals surface area (Å²) in [6.07, 6.45) is 1.09.